The molecule has 0 aromatic carbocycles. The fourth-order valence-electron chi connectivity index (χ4n) is 1.42. The second-order valence-corrected chi connectivity index (χ2v) is 3.73. The van der Waals surface area contributed by atoms with Gasteiger partial charge in [-0.05, 0) is 13.8 Å². The Labute approximate surface area is 76.7 Å². The van der Waals surface area contributed by atoms with Crippen molar-refractivity contribution in [3.63, 3.8) is 0 Å². The van der Waals surface area contributed by atoms with Crippen LogP contribution >= 0.6 is 0 Å². The van der Waals surface area contributed by atoms with Gasteiger partial charge in [0, 0.05) is 6.42 Å². The molecule has 0 aromatic rings. The number of hydrogen-bond donors (Lipinski definition) is 1. The molecule has 13 heavy (non-hydrogen) atoms. The smallest absolute Gasteiger partial charge is 0.239 e. The number of carbonyl (C=O) groups is 3. The summed E-state index contributed by atoms with van der Waals surface area (Å²) in [5, 5.41) is 2.50. The number of hydrogen-bond acceptors (Lipinski definition) is 3. The quantitative estimate of drug-likeness (QED) is 0.616. The molecule has 72 valence electrons. The number of Topliss-reactive ketones (excluding diaryl/α,β-unsaturated/α-hetero) is 2. The molecule has 0 spiro atoms. The first-order valence-corrected chi connectivity index (χ1v) is 4.29. The number of rotatable bonds is 2. The van der Waals surface area contributed by atoms with Crippen LogP contribution in [0.1, 0.15) is 27.2 Å². The van der Waals surface area contributed by atoms with Gasteiger partial charge in [-0.1, -0.05) is 6.92 Å². The van der Waals surface area contributed by atoms with Crippen LogP contribution in [0.2, 0.25) is 0 Å². The molecule has 1 N–H and O–H groups in total. The van der Waals surface area contributed by atoms with E-state index in [0.29, 0.717) is 0 Å². The van der Waals surface area contributed by atoms with Crippen molar-refractivity contribution in [1.29, 1.82) is 0 Å². The summed E-state index contributed by atoms with van der Waals surface area (Å²) < 4.78 is 0. The summed E-state index contributed by atoms with van der Waals surface area (Å²) in [4.78, 5) is 34.0. The second-order valence-electron chi connectivity index (χ2n) is 3.73. The predicted octanol–water partition coefficient (Wildman–Crippen LogP) is 0.0592. The molecule has 4 heteroatoms. The van der Waals surface area contributed by atoms with E-state index in [2.05, 4.69) is 5.32 Å². The van der Waals surface area contributed by atoms with Crippen LogP contribution in [0, 0.1) is 5.92 Å². The van der Waals surface area contributed by atoms with Crippen LogP contribution in [0.4, 0.5) is 0 Å². The third-order valence-electron chi connectivity index (χ3n) is 2.25. The summed E-state index contributed by atoms with van der Waals surface area (Å²) in [7, 11) is 0. The van der Waals surface area contributed by atoms with Gasteiger partial charge in [0.15, 0.2) is 17.5 Å². The first kappa shape index (κ1) is 9.89. The number of carbonyl (C=O) groups excluding carboxylic acids is 3. The van der Waals surface area contributed by atoms with Crippen molar-refractivity contribution in [3.05, 3.63) is 0 Å². The van der Waals surface area contributed by atoms with Crippen molar-refractivity contribution in [3.8, 4) is 0 Å². The van der Waals surface area contributed by atoms with Crippen molar-refractivity contribution >= 4 is 17.5 Å². The van der Waals surface area contributed by atoms with Crippen LogP contribution in [0.25, 0.3) is 0 Å². The lowest BCUT2D eigenvalue weighted by Gasteiger charge is -2.14. The molecule has 4 nitrogen and oxygen atoms in total. The van der Waals surface area contributed by atoms with E-state index in [1.165, 1.54) is 0 Å². The molecule has 1 atom stereocenters. The summed E-state index contributed by atoms with van der Waals surface area (Å²) in [6.45, 7) is 4.86. The first-order valence-electron chi connectivity index (χ1n) is 4.29. The van der Waals surface area contributed by atoms with E-state index in [-0.39, 0.29) is 18.0 Å². The minimum absolute atomic E-state index is 0.222. The van der Waals surface area contributed by atoms with Gasteiger partial charge in [0.2, 0.25) is 5.91 Å². The van der Waals surface area contributed by atoms with Crippen LogP contribution in [-0.2, 0) is 14.4 Å². The second kappa shape index (κ2) is 2.94. The van der Waals surface area contributed by atoms with Crippen molar-refractivity contribution in [2.24, 2.45) is 5.92 Å². The first-order chi connectivity index (χ1) is 5.90. The van der Waals surface area contributed by atoms with Crippen LogP contribution in [0.15, 0.2) is 0 Å². The summed E-state index contributed by atoms with van der Waals surface area (Å²) in [5.41, 5.74) is -0.882. The van der Waals surface area contributed by atoms with Gasteiger partial charge in [0.05, 0.1) is 5.54 Å². The highest BCUT2D eigenvalue weighted by atomic mass is 16.2. The van der Waals surface area contributed by atoms with E-state index in [1.54, 1.807) is 20.8 Å². The maximum absolute atomic E-state index is 11.5. The van der Waals surface area contributed by atoms with Gasteiger partial charge in [-0.25, -0.2) is 0 Å². The Morgan fingerprint density at radius 2 is 2.00 bits per heavy atom. The van der Waals surface area contributed by atoms with E-state index >= 15 is 0 Å². The molecule has 1 aliphatic heterocycles. The lowest BCUT2D eigenvalue weighted by Crippen LogP contribution is -2.39. The zero-order chi connectivity index (χ0) is 10.2. The van der Waals surface area contributed by atoms with Crippen LogP contribution in [0.5, 0.6) is 0 Å². The average Bonchev–Trinajstić information content (AvgIpc) is 2.21. The van der Waals surface area contributed by atoms with Crippen LogP contribution in [-0.4, -0.2) is 23.0 Å². The van der Waals surface area contributed by atoms with Crippen molar-refractivity contribution in [1.82, 2.24) is 5.32 Å². The standard InChI is InChI=1S/C9H13NO3/c1-4-5(11)6-7(12)9(2,3)10-8(6)13/h6H,4H2,1-3H3,(H,10,13). The van der Waals surface area contributed by atoms with Crippen LogP contribution in [0.3, 0.4) is 0 Å². The molecule has 0 aromatic heterocycles. The Morgan fingerprint density at radius 3 is 2.31 bits per heavy atom. The maximum Gasteiger partial charge on any atom is 0.239 e. The fourth-order valence-corrected chi connectivity index (χ4v) is 1.42. The zero-order valence-corrected chi connectivity index (χ0v) is 8.01. The molecule has 1 fully saturated rings. The lowest BCUT2D eigenvalue weighted by molar-refractivity contribution is -0.136. The van der Waals surface area contributed by atoms with Gasteiger partial charge in [-0.15, -0.1) is 0 Å². The molecule has 0 aliphatic carbocycles. The molecule has 1 rings (SSSR count). The Hall–Kier alpha value is -1.19. The highest BCUT2D eigenvalue weighted by Crippen LogP contribution is 2.21. The molecular weight excluding hydrogens is 170 g/mol. The van der Waals surface area contributed by atoms with Crippen molar-refractivity contribution in [2.75, 3.05) is 0 Å². The highest BCUT2D eigenvalue weighted by molar-refractivity contribution is 6.25. The molecule has 1 amide bonds. The van der Waals surface area contributed by atoms with Crippen molar-refractivity contribution < 1.29 is 14.4 Å². The number of ketones is 2. The summed E-state index contributed by atoms with van der Waals surface area (Å²) in [6.07, 6.45) is 0.222. The molecule has 0 radical (unpaired) electrons. The van der Waals surface area contributed by atoms with Gasteiger partial charge in [0.25, 0.3) is 0 Å². The number of amides is 1. The molecule has 0 saturated carbocycles. The Balaban J connectivity index is 2.95. The Morgan fingerprint density at radius 1 is 1.46 bits per heavy atom. The minimum atomic E-state index is -1.07. The largest absolute Gasteiger partial charge is 0.343 e. The van der Waals surface area contributed by atoms with Gasteiger partial charge in [0.1, 0.15) is 0 Å². The average molecular weight is 183 g/mol. The Kier molecular flexibility index (Phi) is 2.24. The van der Waals surface area contributed by atoms with E-state index in [0.717, 1.165) is 0 Å². The molecule has 0 bridgehead atoms. The van der Waals surface area contributed by atoms with Gasteiger partial charge in [-0.3, -0.25) is 14.4 Å². The topological polar surface area (TPSA) is 63.2 Å². The molecule has 1 heterocycles. The summed E-state index contributed by atoms with van der Waals surface area (Å²) in [6, 6.07) is 0. The molecule has 1 saturated heterocycles. The molecule has 1 aliphatic rings. The third kappa shape index (κ3) is 1.48. The molecule has 1 unspecified atom stereocenters. The van der Waals surface area contributed by atoms with E-state index < -0.39 is 17.4 Å². The zero-order valence-electron chi connectivity index (χ0n) is 8.01. The fraction of sp³-hybridized carbons (Fsp3) is 0.667. The normalized spacial score (nSPS) is 25.9. The minimum Gasteiger partial charge on any atom is -0.343 e. The van der Waals surface area contributed by atoms with E-state index in [4.69, 9.17) is 0 Å². The van der Waals surface area contributed by atoms with E-state index in [9.17, 15) is 14.4 Å². The monoisotopic (exact) mass is 183 g/mol. The summed E-state index contributed by atoms with van der Waals surface area (Å²) in [5.74, 6) is -2.14. The highest BCUT2D eigenvalue weighted by Gasteiger charge is 2.49. The Bertz CT molecular complexity index is 281. The van der Waals surface area contributed by atoms with Crippen LogP contribution < -0.4 is 5.32 Å². The van der Waals surface area contributed by atoms with E-state index in [1.807, 2.05) is 0 Å². The van der Waals surface area contributed by atoms with Crippen molar-refractivity contribution in [2.45, 2.75) is 32.7 Å². The summed E-state index contributed by atoms with van der Waals surface area (Å²) >= 11 is 0. The lowest BCUT2D eigenvalue weighted by atomic mass is 9.91. The van der Waals surface area contributed by atoms with Gasteiger partial charge < -0.3 is 5.32 Å². The number of nitrogens with one attached hydrogen (secondary N) is 1. The SMILES string of the molecule is CCC(=O)C1C(=O)NC(C)(C)C1=O. The molecular formula is C9H13NO3. The van der Waals surface area contributed by atoms with Gasteiger partial charge >= 0.3 is 0 Å². The predicted molar refractivity (Wildman–Crippen MR) is 46.0 cm³/mol. The third-order valence-corrected chi connectivity index (χ3v) is 2.25. The van der Waals surface area contributed by atoms with Gasteiger partial charge in [-0.2, -0.15) is 0 Å². The maximum atomic E-state index is 11.5.